The molecule has 1 atom stereocenters. The summed E-state index contributed by atoms with van der Waals surface area (Å²) in [6.07, 6.45) is 2.93. The number of carbonyl (C=O) groups is 1. The second kappa shape index (κ2) is 4.87. The summed E-state index contributed by atoms with van der Waals surface area (Å²) in [6.45, 7) is 2.73. The number of sulfone groups is 1. The molecule has 1 amide bonds. The van der Waals surface area contributed by atoms with Crippen LogP contribution < -0.4 is 0 Å². The highest BCUT2D eigenvalue weighted by atomic mass is 32.2. The molecule has 1 aliphatic heterocycles. The Labute approximate surface area is 118 Å². The van der Waals surface area contributed by atoms with Crippen LogP contribution in [0.15, 0.2) is 0 Å². The first-order valence-electron chi connectivity index (χ1n) is 7.02. The van der Waals surface area contributed by atoms with Gasteiger partial charge in [-0.2, -0.15) is 5.10 Å². The van der Waals surface area contributed by atoms with E-state index in [9.17, 15) is 13.2 Å². The number of hydrogen-bond acceptors (Lipinski definition) is 4. The standard InChI is InChI=1S/C13H19N3O3S/c1-9-2-3-11-10(8-9)12(15-14-11)13(17)16-4-6-20(18,19)7-5-16/h9H,2-8H2,1H3,(H,14,15). The third-order valence-electron chi connectivity index (χ3n) is 4.23. The van der Waals surface area contributed by atoms with E-state index in [1.54, 1.807) is 4.90 Å². The van der Waals surface area contributed by atoms with Crippen molar-refractivity contribution in [1.29, 1.82) is 0 Å². The second-order valence-corrected chi connectivity index (χ2v) is 8.12. The van der Waals surface area contributed by atoms with E-state index in [2.05, 4.69) is 17.1 Å². The SMILES string of the molecule is CC1CCc2[nH]nc(C(=O)N3CCS(=O)(=O)CC3)c2C1. The molecule has 1 aromatic heterocycles. The summed E-state index contributed by atoms with van der Waals surface area (Å²) in [5.74, 6) is 0.545. The van der Waals surface area contributed by atoms with Crippen molar-refractivity contribution in [2.75, 3.05) is 24.6 Å². The number of aromatic amines is 1. The minimum Gasteiger partial charge on any atom is -0.335 e. The van der Waals surface area contributed by atoms with Gasteiger partial charge in [-0.05, 0) is 25.2 Å². The van der Waals surface area contributed by atoms with Crippen LogP contribution >= 0.6 is 0 Å². The van der Waals surface area contributed by atoms with Gasteiger partial charge in [-0.15, -0.1) is 0 Å². The summed E-state index contributed by atoms with van der Waals surface area (Å²) in [6, 6.07) is 0. The van der Waals surface area contributed by atoms with Gasteiger partial charge in [0.15, 0.2) is 15.5 Å². The van der Waals surface area contributed by atoms with Gasteiger partial charge in [0.2, 0.25) is 0 Å². The number of aryl methyl sites for hydroxylation is 1. The maximum Gasteiger partial charge on any atom is 0.274 e. The van der Waals surface area contributed by atoms with E-state index in [4.69, 9.17) is 0 Å². The van der Waals surface area contributed by atoms with Crippen LogP contribution in [0.4, 0.5) is 0 Å². The third kappa shape index (κ3) is 2.46. The number of nitrogens with zero attached hydrogens (tertiary/aromatic N) is 2. The quantitative estimate of drug-likeness (QED) is 0.813. The third-order valence-corrected chi connectivity index (χ3v) is 5.84. The Hall–Kier alpha value is -1.37. The molecule has 110 valence electrons. The first-order chi connectivity index (χ1) is 9.46. The lowest BCUT2D eigenvalue weighted by molar-refractivity contribution is 0.0763. The second-order valence-electron chi connectivity index (χ2n) is 5.82. The number of nitrogens with one attached hydrogen (secondary N) is 1. The molecule has 7 heteroatoms. The van der Waals surface area contributed by atoms with E-state index < -0.39 is 9.84 Å². The first-order valence-corrected chi connectivity index (χ1v) is 8.84. The van der Waals surface area contributed by atoms with Gasteiger partial charge in [0.05, 0.1) is 11.5 Å². The highest BCUT2D eigenvalue weighted by molar-refractivity contribution is 7.91. The fraction of sp³-hybridized carbons (Fsp3) is 0.692. The topological polar surface area (TPSA) is 83.1 Å². The number of rotatable bonds is 1. The van der Waals surface area contributed by atoms with Crippen LogP contribution in [0.3, 0.4) is 0 Å². The molecule has 1 aromatic rings. The van der Waals surface area contributed by atoms with Gasteiger partial charge >= 0.3 is 0 Å². The van der Waals surface area contributed by atoms with Crippen LogP contribution in [0.1, 0.15) is 35.1 Å². The van der Waals surface area contributed by atoms with Crippen LogP contribution in [0, 0.1) is 5.92 Å². The molecule has 1 aliphatic carbocycles. The molecule has 1 N–H and O–H groups in total. The number of fused-ring (bicyclic) bond motifs is 1. The molecule has 1 fully saturated rings. The van der Waals surface area contributed by atoms with Gasteiger partial charge in [0, 0.05) is 24.3 Å². The number of H-pyrrole nitrogens is 1. The Kier molecular flexibility index (Phi) is 3.32. The summed E-state index contributed by atoms with van der Waals surface area (Å²) < 4.78 is 22.8. The largest absolute Gasteiger partial charge is 0.335 e. The van der Waals surface area contributed by atoms with Gasteiger partial charge in [0.1, 0.15) is 0 Å². The summed E-state index contributed by atoms with van der Waals surface area (Å²) in [5.41, 5.74) is 2.59. The fourth-order valence-corrected chi connectivity index (χ4v) is 4.11. The zero-order chi connectivity index (χ0) is 14.3. The summed E-state index contributed by atoms with van der Waals surface area (Å²) in [7, 11) is -2.97. The lowest BCUT2D eigenvalue weighted by atomic mass is 9.87. The molecule has 2 aliphatic rings. The van der Waals surface area contributed by atoms with Crippen molar-refractivity contribution in [2.45, 2.75) is 26.2 Å². The van der Waals surface area contributed by atoms with E-state index in [0.29, 0.717) is 11.6 Å². The lowest BCUT2D eigenvalue weighted by Crippen LogP contribution is -2.44. The first kappa shape index (κ1) is 13.6. The summed E-state index contributed by atoms with van der Waals surface area (Å²) in [5, 5.41) is 7.15. The molecular formula is C13H19N3O3S. The number of amides is 1. The van der Waals surface area contributed by atoms with Crippen molar-refractivity contribution in [3.8, 4) is 0 Å². The Morgan fingerprint density at radius 3 is 2.75 bits per heavy atom. The van der Waals surface area contributed by atoms with Crippen molar-refractivity contribution in [1.82, 2.24) is 15.1 Å². The zero-order valence-electron chi connectivity index (χ0n) is 11.6. The van der Waals surface area contributed by atoms with Crippen LogP contribution in [0.2, 0.25) is 0 Å². The average Bonchev–Trinajstić information content (AvgIpc) is 2.81. The van der Waals surface area contributed by atoms with Gasteiger partial charge in [-0.3, -0.25) is 9.89 Å². The highest BCUT2D eigenvalue weighted by Gasteiger charge is 2.30. The minimum absolute atomic E-state index is 0.0573. The molecular weight excluding hydrogens is 278 g/mol. The van der Waals surface area contributed by atoms with E-state index >= 15 is 0 Å². The van der Waals surface area contributed by atoms with E-state index in [1.165, 1.54) is 0 Å². The summed E-state index contributed by atoms with van der Waals surface area (Å²) in [4.78, 5) is 14.1. The molecule has 0 aromatic carbocycles. The molecule has 0 radical (unpaired) electrons. The van der Waals surface area contributed by atoms with Crippen LogP contribution in [0.5, 0.6) is 0 Å². The van der Waals surface area contributed by atoms with Gasteiger partial charge in [-0.1, -0.05) is 6.92 Å². The van der Waals surface area contributed by atoms with Crippen molar-refractivity contribution in [3.05, 3.63) is 17.0 Å². The smallest absolute Gasteiger partial charge is 0.274 e. The Balaban J connectivity index is 1.80. The maximum absolute atomic E-state index is 12.5. The van der Waals surface area contributed by atoms with Crippen molar-refractivity contribution < 1.29 is 13.2 Å². The monoisotopic (exact) mass is 297 g/mol. The molecule has 1 unspecified atom stereocenters. The van der Waals surface area contributed by atoms with Gasteiger partial charge < -0.3 is 4.90 Å². The average molecular weight is 297 g/mol. The predicted molar refractivity (Wildman–Crippen MR) is 74.3 cm³/mol. The lowest BCUT2D eigenvalue weighted by Gasteiger charge is -2.27. The summed E-state index contributed by atoms with van der Waals surface area (Å²) >= 11 is 0. The molecule has 1 saturated heterocycles. The van der Waals surface area contributed by atoms with Crippen molar-refractivity contribution in [2.24, 2.45) is 5.92 Å². The van der Waals surface area contributed by atoms with Crippen molar-refractivity contribution in [3.63, 3.8) is 0 Å². The van der Waals surface area contributed by atoms with E-state index in [1.807, 2.05) is 0 Å². The molecule has 20 heavy (non-hydrogen) atoms. The molecule has 0 saturated carbocycles. The highest BCUT2D eigenvalue weighted by Crippen LogP contribution is 2.27. The van der Waals surface area contributed by atoms with Crippen molar-refractivity contribution >= 4 is 15.7 Å². The zero-order valence-corrected chi connectivity index (χ0v) is 12.4. The Morgan fingerprint density at radius 1 is 1.35 bits per heavy atom. The van der Waals surface area contributed by atoms with Gasteiger partial charge in [0.25, 0.3) is 5.91 Å². The maximum atomic E-state index is 12.5. The fourth-order valence-electron chi connectivity index (χ4n) is 2.91. The molecule has 0 bridgehead atoms. The number of aromatic nitrogens is 2. The Morgan fingerprint density at radius 2 is 2.05 bits per heavy atom. The Bertz CT molecular complexity index is 621. The molecule has 6 nitrogen and oxygen atoms in total. The predicted octanol–water partition coefficient (Wildman–Crippen LogP) is 0.405. The van der Waals surface area contributed by atoms with Crippen LogP contribution in [-0.2, 0) is 22.7 Å². The molecule has 0 spiro atoms. The normalized spacial score (nSPS) is 25.2. The van der Waals surface area contributed by atoms with Crippen LogP contribution in [-0.4, -0.2) is 54.0 Å². The minimum atomic E-state index is -2.97. The van der Waals surface area contributed by atoms with Crippen LogP contribution in [0.25, 0.3) is 0 Å². The molecule has 2 heterocycles. The number of carbonyl (C=O) groups excluding carboxylic acids is 1. The number of hydrogen-bond donors (Lipinski definition) is 1. The van der Waals surface area contributed by atoms with Gasteiger partial charge in [-0.25, -0.2) is 8.42 Å². The van der Waals surface area contributed by atoms with E-state index in [-0.39, 0.29) is 30.5 Å². The molecule has 3 rings (SSSR count). The van der Waals surface area contributed by atoms with E-state index in [0.717, 1.165) is 30.5 Å².